The van der Waals surface area contributed by atoms with Gasteiger partial charge in [0.2, 0.25) is 11.8 Å². The first-order valence-corrected chi connectivity index (χ1v) is 15.9. The van der Waals surface area contributed by atoms with Gasteiger partial charge in [-0.05, 0) is 46.1 Å². The highest BCUT2D eigenvalue weighted by Gasteiger charge is 2.27. The number of fused-ring (bicyclic) bond motifs is 1. The number of carbonyl (C=O) groups is 2. The second kappa shape index (κ2) is 25.8. The normalized spacial score (nSPS) is 17.7. The van der Waals surface area contributed by atoms with Crippen molar-refractivity contribution in [3.63, 3.8) is 0 Å². The molecule has 4 N–H and O–H groups in total. The van der Waals surface area contributed by atoms with Crippen molar-refractivity contribution in [1.29, 1.82) is 0 Å². The van der Waals surface area contributed by atoms with Crippen LogP contribution in [0.1, 0.15) is 106 Å². The third kappa shape index (κ3) is 17.1. The van der Waals surface area contributed by atoms with E-state index in [-0.39, 0.29) is 23.9 Å². The molecule has 1 aliphatic heterocycles. The maximum atomic E-state index is 12.2. The Labute approximate surface area is 261 Å². The van der Waals surface area contributed by atoms with Gasteiger partial charge in [0.1, 0.15) is 0 Å². The van der Waals surface area contributed by atoms with Crippen molar-refractivity contribution in [3.05, 3.63) is 64.7 Å². The Balaban J connectivity index is 0. The van der Waals surface area contributed by atoms with Gasteiger partial charge in [0, 0.05) is 36.7 Å². The second-order valence-corrected chi connectivity index (χ2v) is 10.0. The number of nitrogens with two attached hydrogens (primary N) is 1. The van der Waals surface area contributed by atoms with Crippen molar-refractivity contribution in [2.75, 3.05) is 18.5 Å². The Bertz CT molecular complexity index is 1010. The lowest BCUT2D eigenvalue weighted by Gasteiger charge is -2.30. The third-order valence-corrected chi connectivity index (χ3v) is 5.99. The van der Waals surface area contributed by atoms with E-state index in [9.17, 15) is 9.59 Å². The number of hydrogen-bond donors (Lipinski definition) is 3. The number of likely N-dealkylation sites (N-methyl/N-ethyl adjacent to an activating group) is 1. The van der Waals surface area contributed by atoms with Crippen LogP contribution >= 0.6 is 11.6 Å². The van der Waals surface area contributed by atoms with Crippen molar-refractivity contribution < 1.29 is 9.59 Å². The molecule has 0 bridgehead atoms. The zero-order chi connectivity index (χ0) is 32.5. The summed E-state index contributed by atoms with van der Waals surface area (Å²) in [6.07, 6.45) is 13.3. The molecule has 0 radical (unpaired) electrons. The molecule has 1 aromatic rings. The number of para-hydroxylation sites is 1. The summed E-state index contributed by atoms with van der Waals surface area (Å²) in [5.41, 5.74) is 12.7. The molecular weight excluding hydrogens is 546 g/mol. The zero-order valence-electron chi connectivity index (χ0n) is 27.9. The molecule has 7 nitrogen and oxygen atoms in total. The SMILES string of the molecule is C/C1=C/C/C=C(/Cl)CC=C1.CC.CC.CCCC(N)C(=O)NC.CCCN1C(=O)C/C(=N\NC(C)C)c2ccccc21. The molecule has 0 fully saturated rings. The van der Waals surface area contributed by atoms with Crippen molar-refractivity contribution in [3.8, 4) is 0 Å². The first-order chi connectivity index (χ1) is 20.1. The Morgan fingerprint density at radius 1 is 1.10 bits per heavy atom. The van der Waals surface area contributed by atoms with E-state index in [4.69, 9.17) is 17.3 Å². The minimum atomic E-state index is -0.319. The van der Waals surface area contributed by atoms with Crippen LogP contribution < -0.4 is 21.4 Å². The predicted molar refractivity (Wildman–Crippen MR) is 184 cm³/mol. The van der Waals surface area contributed by atoms with Crippen LogP contribution in [0, 0.1) is 0 Å². The Kier molecular flexibility index (Phi) is 25.3. The number of hydrazone groups is 1. The van der Waals surface area contributed by atoms with Crippen molar-refractivity contribution in [2.24, 2.45) is 10.8 Å². The van der Waals surface area contributed by atoms with Crippen LogP contribution in [-0.2, 0) is 9.59 Å². The van der Waals surface area contributed by atoms with Gasteiger partial charge >= 0.3 is 0 Å². The van der Waals surface area contributed by atoms with Gasteiger partial charge in [0.05, 0.1) is 23.9 Å². The average Bonchev–Trinajstić information content (AvgIpc) is 2.99. The molecule has 1 aliphatic carbocycles. The van der Waals surface area contributed by atoms with Gasteiger partial charge in [-0.1, -0.05) is 108 Å². The minimum Gasteiger partial charge on any atom is -0.358 e. The highest BCUT2D eigenvalue weighted by Crippen LogP contribution is 2.28. The number of rotatable bonds is 7. The van der Waals surface area contributed by atoms with Gasteiger partial charge in [-0.25, -0.2) is 0 Å². The van der Waals surface area contributed by atoms with Gasteiger partial charge < -0.3 is 21.4 Å². The molecule has 42 heavy (non-hydrogen) atoms. The maximum Gasteiger partial charge on any atom is 0.236 e. The third-order valence-electron chi connectivity index (χ3n) is 5.69. The van der Waals surface area contributed by atoms with Crippen LogP contribution in [0.3, 0.4) is 0 Å². The Morgan fingerprint density at radius 3 is 2.31 bits per heavy atom. The number of nitrogens with one attached hydrogen (secondary N) is 2. The summed E-state index contributed by atoms with van der Waals surface area (Å²) in [5.74, 6) is 0.0571. The number of hydrogen-bond acceptors (Lipinski definition) is 5. The number of carbonyl (C=O) groups excluding carboxylic acids is 2. The van der Waals surface area contributed by atoms with Crippen LogP contribution in [0.25, 0.3) is 0 Å². The summed E-state index contributed by atoms with van der Waals surface area (Å²) in [7, 11) is 1.60. The molecule has 1 aromatic carbocycles. The number of allylic oxidation sites excluding steroid dienone is 6. The highest BCUT2D eigenvalue weighted by molar-refractivity contribution is 6.29. The van der Waals surface area contributed by atoms with Crippen molar-refractivity contribution in [2.45, 2.75) is 113 Å². The molecule has 3 rings (SSSR count). The Hall–Kier alpha value is -2.90. The molecule has 0 saturated heterocycles. The van der Waals surface area contributed by atoms with Gasteiger partial charge in [0.25, 0.3) is 0 Å². The molecule has 2 amide bonds. The van der Waals surface area contributed by atoms with E-state index in [0.29, 0.717) is 6.42 Å². The fraction of sp³-hybridized carbons (Fsp3) is 0.559. The summed E-state index contributed by atoms with van der Waals surface area (Å²) < 4.78 is 0. The monoisotopic (exact) mass is 603 g/mol. The molecule has 238 valence electrons. The number of anilines is 1. The minimum absolute atomic E-state index is 0.0724. The summed E-state index contributed by atoms with van der Waals surface area (Å²) in [5, 5.41) is 7.82. The molecule has 0 saturated carbocycles. The van der Waals surface area contributed by atoms with Gasteiger partial charge in [0.15, 0.2) is 0 Å². The van der Waals surface area contributed by atoms with Gasteiger partial charge in [-0.2, -0.15) is 5.10 Å². The smallest absolute Gasteiger partial charge is 0.236 e. The molecule has 1 unspecified atom stereocenters. The molecule has 1 atom stereocenters. The van der Waals surface area contributed by atoms with E-state index in [1.807, 2.05) is 77.6 Å². The molecule has 8 heteroatoms. The first kappa shape index (κ1) is 41.2. The number of benzene rings is 1. The van der Waals surface area contributed by atoms with E-state index in [0.717, 1.165) is 60.6 Å². The van der Waals surface area contributed by atoms with Crippen LogP contribution in [0.5, 0.6) is 0 Å². The standard InChI is InChI=1S/C15H21N3O.C9H11Cl.C6H14N2O.2C2H6/c1-4-9-18-14-8-6-5-7-12(14)13(10-15(18)19)17-16-11(2)3;1-8-4-2-6-9(10)7-3-5-8;1-3-4-5(7)6(9)8-2;2*1-2/h5-8,11,16H,4,9-10H2,1-3H3;2,4-5,7H,3,6H2,1H3;5H,3-4,7H2,1-2H3,(H,8,9);2*1-2H3/b17-13+;4-2?,8-5-,9-7+;;;. The predicted octanol–water partition coefficient (Wildman–Crippen LogP) is 7.85. The summed E-state index contributed by atoms with van der Waals surface area (Å²) >= 11 is 5.82. The first-order valence-electron chi connectivity index (χ1n) is 15.5. The topological polar surface area (TPSA) is 99.8 Å². The summed E-state index contributed by atoms with van der Waals surface area (Å²) in [4.78, 5) is 24.7. The Morgan fingerprint density at radius 2 is 1.74 bits per heavy atom. The summed E-state index contributed by atoms with van der Waals surface area (Å²) in [6.45, 7) is 19.0. The lowest BCUT2D eigenvalue weighted by Crippen LogP contribution is -2.39. The fourth-order valence-electron chi connectivity index (χ4n) is 3.71. The van der Waals surface area contributed by atoms with Crippen LogP contribution in [0.15, 0.2) is 64.3 Å². The van der Waals surface area contributed by atoms with E-state index < -0.39 is 0 Å². The molecule has 0 aromatic heterocycles. The van der Waals surface area contributed by atoms with Gasteiger partial charge in [-0.3, -0.25) is 9.59 Å². The number of halogens is 1. The molecule has 0 spiro atoms. The summed E-state index contributed by atoms with van der Waals surface area (Å²) in [6, 6.07) is 7.93. The van der Waals surface area contributed by atoms with Gasteiger partial charge in [-0.15, -0.1) is 0 Å². The lowest BCUT2D eigenvalue weighted by atomic mass is 9.99. The molecule has 2 aliphatic rings. The van der Waals surface area contributed by atoms with E-state index in [1.165, 1.54) is 5.57 Å². The van der Waals surface area contributed by atoms with Crippen LogP contribution in [-0.4, -0.2) is 43.2 Å². The largest absolute Gasteiger partial charge is 0.358 e. The zero-order valence-corrected chi connectivity index (χ0v) is 28.6. The van der Waals surface area contributed by atoms with E-state index >= 15 is 0 Å². The molecular formula is C34H58ClN5O2. The number of nitrogens with zero attached hydrogens (tertiary/aromatic N) is 2. The highest BCUT2D eigenvalue weighted by atomic mass is 35.5. The second-order valence-electron chi connectivity index (χ2n) is 9.53. The fourth-order valence-corrected chi connectivity index (χ4v) is 3.88. The van der Waals surface area contributed by atoms with E-state index in [1.54, 1.807) is 7.05 Å². The molecule has 1 heterocycles. The van der Waals surface area contributed by atoms with Crippen molar-refractivity contribution in [1.82, 2.24) is 10.7 Å². The average molecular weight is 604 g/mol. The van der Waals surface area contributed by atoms with Crippen molar-refractivity contribution >= 4 is 34.8 Å². The quantitative estimate of drug-likeness (QED) is 0.276. The van der Waals surface area contributed by atoms with Crippen LogP contribution in [0.4, 0.5) is 5.69 Å². The van der Waals surface area contributed by atoms with Crippen LogP contribution in [0.2, 0.25) is 0 Å². The lowest BCUT2D eigenvalue weighted by molar-refractivity contribution is -0.122. The maximum absolute atomic E-state index is 12.2. The number of amides is 2. The van der Waals surface area contributed by atoms with E-state index in [2.05, 4.69) is 54.0 Å².